The SMILES string of the molecule is COC(C)(C)c1nc(C(C)(C)C)c(CNC2CC2)s1. The van der Waals surface area contributed by atoms with Crippen molar-refractivity contribution in [2.24, 2.45) is 0 Å². The van der Waals surface area contributed by atoms with Crippen molar-refractivity contribution in [3.63, 3.8) is 0 Å². The number of nitrogens with zero attached hydrogens (tertiary/aromatic N) is 1. The molecule has 108 valence electrons. The van der Waals surface area contributed by atoms with Crippen LogP contribution in [0.1, 0.15) is 63.0 Å². The number of thiazole rings is 1. The summed E-state index contributed by atoms with van der Waals surface area (Å²) in [7, 11) is 1.75. The minimum atomic E-state index is -0.303. The van der Waals surface area contributed by atoms with Gasteiger partial charge in [-0.15, -0.1) is 11.3 Å². The quantitative estimate of drug-likeness (QED) is 0.896. The van der Waals surface area contributed by atoms with E-state index >= 15 is 0 Å². The van der Waals surface area contributed by atoms with Crippen LogP contribution in [0.2, 0.25) is 0 Å². The Labute approximate surface area is 120 Å². The zero-order valence-corrected chi connectivity index (χ0v) is 13.8. The number of hydrogen-bond donors (Lipinski definition) is 1. The van der Waals surface area contributed by atoms with Gasteiger partial charge >= 0.3 is 0 Å². The van der Waals surface area contributed by atoms with E-state index in [4.69, 9.17) is 9.72 Å². The van der Waals surface area contributed by atoms with Gasteiger partial charge in [0.25, 0.3) is 0 Å². The Morgan fingerprint density at radius 3 is 2.37 bits per heavy atom. The van der Waals surface area contributed by atoms with Crippen LogP contribution in [0.15, 0.2) is 0 Å². The maximum Gasteiger partial charge on any atom is 0.125 e. The second-order valence-corrected chi connectivity index (χ2v) is 7.99. The second-order valence-electron chi connectivity index (χ2n) is 6.91. The van der Waals surface area contributed by atoms with E-state index < -0.39 is 0 Å². The third kappa shape index (κ3) is 3.56. The summed E-state index contributed by atoms with van der Waals surface area (Å²) in [5.74, 6) is 0. The molecule has 1 aromatic rings. The molecule has 0 unspecified atom stereocenters. The largest absolute Gasteiger partial charge is 0.372 e. The Bertz CT molecular complexity index is 441. The van der Waals surface area contributed by atoms with Crippen molar-refractivity contribution in [1.82, 2.24) is 10.3 Å². The molecule has 3 nitrogen and oxygen atoms in total. The first-order valence-electron chi connectivity index (χ1n) is 7.03. The molecule has 0 aromatic carbocycles. The predicted octanol–water partition coefficient (Wildman–Crippen LogP) is 3.57. The van der Waals surface area contributed by atoms with E-state index in [1.165, 1.54) is 23.4 Å². The van der Waals surface area contributed by atoms with Crippen LogP contribution in [-0.2, 0) is 22.3 Å². The average molecular weight is 282 g/mol. The lowest BCUT2D eigenvalue weighted by Gasteiger charge is -2.20. The van der Waals surface area contributed by atoms with Gasteiger partial charge in [-0.25, -0.2) is 4.98 Å². The van der Waals surface area contributed by atoms with Gasteiger partial charge in [-0.2, -0.15) is 0 Å². The molecule has 19 heavy (non-hydrogen) atoms. The Morgan fingerprint density at radius 1 is 1.26 bits per heavy atom. The smallest absolute Gasteiger partial charge is 0.125 e. The molecule has 0 aliphatic heterocycles. The van der Waals surface area contributed by atoms with Crippen LogP contribution < -0.4 is 5.32 Å². The van der Waals surface area contributed by atoms with E-state index in [1.807, 2.05) is 0 Å². The fourth-order valence-corrected chi connectivity index (χ4v) is 3.23. The van der Waals surface area contributed by atoms with Crippen molar-refractivity contribution < 1.29 is 4.74 Å². The molecule has 0 amide bonds. The minimum Gasteiger partial charge on any atom is -0.372 e. The van der Waals surface area contributed by atoms with E-state index in [9.17, 15) is 0 Å². The summed E-state index contributed by atoms with van der Waals surface area (Å²) in [5.41, 5.74) is 0.993. The molecule has 1 aromatic heterocycles. The number of methoxy groups -OCH3 is 1. The number of rotatable bonds is 5. The fourth-order valence-electron chi connectivity index (χ4n) is 1.93. The highest BCUT2D eigenvalue weighted by Crippen LogP contribution is 2.35. The van der Waals surface area contributed by atoms with Crippen molar-refractivity contribution >= 4 is 11.3 Å². The molecule has 1 aliphatic carbocycles. The maximum atomic E-state index is 5.57. The Morgan fingerprint density at radius 2 is 1.89 bits per heavy atom. The molecule has 2 rings (SSSR count). The normalized spacial score (nSPS) is 16.9. The third-order valence-electron chi connectivity index (χ3n) is 3.56. The molecule has 0 spiro atoms. The first-order valence-corrected chi connectivity index (χ1v) is 7.85. The minimum absolute atomic E-state index is 0.0825. The molecule has 1 aliphatic rings. The van der Waals surface area contributed by atoms with Gasteiger partial charge < -0.3 is 10.1 Å². The number of hydrogen-bond acceptors (Lipinski definition) is 4. The molecule has 0 bridgehead atoms. The van der Waals surface area contributed by atoms with E-state index in [2.05, 4.69) is 39.9 Å². The standard InChI is InChI=1S/C15H26N2OS/c1-14(2,3)12-11(9-16-10-7-8-10)19-13(17-12)15(4,5)18-6/h10,16H,7-9H2,1-6H3. The highest BCUT2D eigenvalue weighted by molar-refractivity contribution is 7.11. The zero-order chi connectivity index (χ0) is 14.3. The van der Waals surface area contributed by atoms with Crippen LogP contribution in [0.5, 0.6) is 0 Å². The summed E-state index contributed by atoms with van der Waals surface area (Å²) in [6.45, 7) is 11.8. The number of ether oxygens (including phenoxy) is 1. The van der Waals surface area contributed by atoms with Gasteiger partial charge in [0.15, 0.2) is 0 Å². The summed E-state index contributed by atoms with van der Waals surface area (Å²) >= 11 is 1.79. The van der Waals surface area contributed by atoms with Crippen molar-refractivity contribution in [3.05, 3.63) is 15.6 Å². The predicted molar refractivity (Wildman–Crippen MR) is 80.7 cm³/mol. The highest BCUT2D eigenvalue weighted by Gasteiger charge is 2.30. The molecule has 4 heteroatoms. The average Bonchev–Trinajstić information content (AvgIpc) is 3.02. The molecule has 1 fully saturated rings. The van der Waals surface area contributed by atoms with Gasteiger partial charge in [0.1, 0.15) is 10.6 Å². The lowest BCUT2D eigenvalue weighted by Crippen LogP contribution is -2.21. The maximum absolute atomic E-state index is 5.57. The number of nitrogens with one attached hydrogen (secondary N) is 1. The van der Waals surface area contributed by atoms with Gasteiger partial charge in [0.05, 0.1) is 5.69 Å². The molecule has 0 atom stereocenters. The van der Waals surface area contributed by atoms with Crippen LogP contribution in [0.25, 0.3) is 0 Å². The summed E-state index contributed by atoms with van der Waals surface area (Å²) in [5, 5.41) is 4.67. The van der Waals surface area contributed by atoms with E-state index in [0.717, 1.165) is 17.6 Å². The second kappa shape index (κ2) is 5.15. The summed E-state index contributed by atoms with van der Waals surface area (Å²) in [4.78, 5) is 6.24. The van der Waals surface area contributed by atoms with Gasteiger partial charge in [-0.3, -0.25) is 0 Å². The zero-order valence-electron chi connectivity index (χ0n) is 13.0. The number of aromatic nitrogens is 1. The molecule has 0 radical (unpaired) electrons. The van der Waals surface area contributed by atoms with Crippen LogP contribution in [-0.4, -0.2) is 18.1 Å². The molecule has 1 heterocycles. The van der Waals surface area contributed by atoms with Crippen molar-refractivity contribution in [2.45, 2.75) is 71.1 Å². The first-order chi connectivity index (χ1) is 8.74. The van der Waals surface area contributed by atoms with Crippen molar-refractivity contribution in [2.75, 3.05) is 7.11 Å². The van der Waals surface area contributed by atoms with E-state index in [-0.39, 0.29) is 11.0 Å². The summed E-state index contributed by atoms with van der Waals surface area (Å²) in [6.07, 6.45) is 2.64. The monoisotopic (exact) mass is 282 g/mol. The molecular formula is C15H26N2OS. The fraction of sp³-hybridized carbons (Fsp3) is 0.800. The summed E-state index contributed by atoms with van der Waals surface area (Å²) < 4.78 is 5.57. The third-order valence-corrected chi connectivity index (χ3v) is 4.92. The van der Waals surface area contributed by atoms with Crippen molar-refractivity contribution in [1.29, 1.82) is 0 Å². The molecule has 1 N–H and O–H groups in total. The highest BCUT2D eigenvalue weighted by atomic mass is 32.1. The topological polar surface area (TPSA) is 34.1 Å². The van der Waals surface area contributed by atoms with Gasteiger partial charge in [-0.1, -0.05) is 20.8 Å². The molecular weight excluding hydrogens is 256 g/mol. The lowest BCUT2D eigenvalue weighted by atomic mass is 9.91. The van der Waals surface area contributed by atoms with Crippen LogP contribution in [0.4, 0.5) is 0 Å². The van der Waals surface area contributed by atoms with Gasteiger partial charge in [0, 0.05) is 30.0 Å². The van der Waals surface area contributed by atoms with Crippen molar-refractivity contribution in [3.8, 4) is 0 Å². The Kier molecular flexibility index (Phi) is 4.05. The van der Waals surface area contributed by atoms with E-state index in [0.29, 0.717) is 0 Å². The van der Waals surface area contributed by atoms with Gasteiger partial charge in [-0.05, 0) is 26.7 Å². The van der Waals surface area contributed by atoms with Crippen LogP contribution in [0.3, 0.4) is 0 Å². The first kappa shape index (κ1) is 14.9. The van der Waals surface area contributed by atoms with Gasteiger partial charge in [0.2, 0.25) is 0 Å². The van der Waals surface area contributed by atoms with Crippen LogP contribution >= 0.6 is 11.3 Å². The Balaban J connectivity index is 2.27. The van der Waals surface area contributed by atoms with E-state index in [1.54, 1.807) is 18.4 Å². The molecule has 1 saturated carbocycles. The lowest BCUT2D eigenvalue weighted by molar-refractivity contribution is 0.0188. The Hall–Kier alpha value is -0.450. The summed E-state index contributed by atoms with van der Waals surface area (Å²) in [6, 6.07) is 0.730. The van der Waals surface area contributed by atoms with Crippen LogP contribution in [0, 0.1) is 0 Å². The molecule has 0 saturated heterocycles.